The lowest BCUT2D eigenvalue weighted by Crippen LogP contribution is -2.14. The predicted molar refractivity (Wildman–Crippen MR) is 81.9 cm³/mol. The van der Waals surface area contributed by atoms with Gasteiger partial charge in [0.2, 0.25) is 0 Å². The molecule has 2 rings (SSSR count). The molecule has 0 amide bonds. The molecule has 0 aliphatic carbocycles. The van der Waals surface area contributed by atoms with Crippen molar-refractivity contribution >= 4 is 11.8 Å². The standard InChI is InChI=1S/C16H19N3O2/c1-3-15(20)21-10-9-17-16-12(2)11-14(18-19-16)13-7-5-4-6-8-13/h4-8,11H,3,9-10H2,1-2H3,(H,17,19). The fraction of sp³-hybridized carbons (Fsp3) is 0.312. The van der Waals surface area contributed by atoms with E-state index in [0.717, 1.165) is 16.8 Å². The van der Waals surface area contributed by atoms with Crippen LogP contribution in [0.5, 0.6) is 0 Å². The van der Waals surface area contributed by atoms with Gasteiger partial charge in [-0.25, -0.2) is 0 Å². The van der Waals surface area contributed by atoms with E-state index in [9.17, 15) is 4.79 Å². The minimum Gasteiger partial charge on any atom is -0.464 e. The summed E-state index contributed by atoms with van der Waals surface area (Å²) in [7, 11) is 0. The largest absolute Gasteiger partial charge is 0.464 e. The van der Waals surface area contributed by atoms with E-state index in [4.69, 9.17) is 4.74 Å². The number of nitrogens with one attached hydrogen (secondary N) is 1. The minimum atomic E-state index is -0.195. The first-order valence-electron chi connectivity index (χ1n) is 7.00. The molecule has 0 fully saturated rings. The third-order valence-electron chi connectivity index (χ3n) is 3.00. The van der Waals surface area contributed by atoms with Crippen molar-refractivity contribution < 1.29 is 9.53 Å². The maximum absolute atomic E-state index is 11.0. The second kappa shape index (κ2) is 7.38. The first kappa shape index (κ1) is 15.0. The zero-order valence-electron chi connectivity index (χ0n) is 12.3. The van der Waals surface area contributed by atoms with Crippen molar-refractivity contribution in [1.82, 2.24) is 10.2 Å². The highest BCUT2D eigenvalue weighted by Crippen LogP contribution is 2.19. The fourth-order valence-corrected chi connectivity index (χ4v) is 1.85. The summed E-state index contributed by atoms with van der Waals surface area (Å²) in [5.74, 6) is 0.515. The van der Waals surface area contributed by atoms with Crippen molar-refractivity contribution in [2.24, 2.45) is 0 Å². The van der Waals surface area contributed by atoms with E-state index in [1.165, 1.54) is 0 Å². The van der Waals surface area contributed by atoms with Crippen molar-refractivity contribution in [3.8, 4) is 11.3 Å². The highest BCUT2D eigenvalue weighted by atomic mass is 16.5. The maximum Gasteiger partial charge on any atom is 0.305 e. The molecule has 5 nitrogen and oxygen atoms in total. The van der Waals surface area contributed by atoms with E-state index >= 15 is 0 Å². The van der Waals surface area contributed by atoms with Gasteiger partial charge in [0.1, 0.15) is 6.61 Å². The third-order valence-corrected chi connectivity index (χ3v) is 3.00. The lowest BCUT2D eigenvalue weighted by Gasteiger charge is -2.09. The smallest absolute Gasteiger partial charge is 0.305 e. The number of rotatable bonds is 6. The Labute approximate surface area is 124 Å². The van der Waals surface area contributed by atoms with Gasteiger partial charge in [-0.1, -0.05) is 37.3 Å². The van der Waals surface area contributed by atoms with E-state index in [2.05, 4.69) is 15.5 Å². The van der Waals surface area contributed by atoms with Crippen molar-refractivity contribution in [2.75, 3.05) is 18.5 Å². The molecule has 1 N–H and O–H groups in total. The molecule has 110 valence electrons. The summed E-state index contributed by atoms with van der Waals surface area (Å²) in [6, 6.07) is 11.9. The lowest BCUT2D eigenvalue weighted by atomic mass is 10.1. The van der Waals surface area contributed by atoms with Crippen LogP contribution in [-0.2, 0) is 9.53 Å². The van der Waals surface area contributed by atoms with Gasteiger partial charge in [-0.15, -0.1) is 10.2 Å². The van der Waals surface area contributed by atoms with E-state index in [1.54, 1.807) is 6.92 Å². The summed E-state index contributed by atoms with van der Waals surface area (Å²) in [4.78, 5) is 11.0. The Morgan fingerprint density at radius 3 is 2.67 bits per heavy atom. The van der Waals surface area contributed by atoms with Gasteiger partial charge in [0.15, 0.2) is 5.82 Å². The summed E-state index contributed by atoms with van der Waals surface area (Å²) in [6.45, 7) is 4.59. The number of hydrogen-bond donors (Lipinski definition) is 1. The van der Waals surface area contributed by atoms with Gasteiger partial charge in [-0.3, -0.25) is 4.79 Å². The van der Waals surface area contributed by atoms with Gasteiger partial charge in [-0.05, 0) is 18.6 Å². The Bertz CT molecular complexity index is 600. The number of benzene rings is 1. The number of ether oxygens (including phenoxy) is 1. The Balaban J connectivity index is 1.95. The molecule has 0 spiro atoms. The number of carbonyl (C=O) groups excluding carboxylic acids is 1. The van der Waals surface area contributed by atoms with Crippen molar-refractivity contribution in [3.05, 3.63) is 42.0 Å². The second-order valence-electron chi connectivity index (χ2n) is 4.63. The Kier molecular flexibility index (Phi) is 5.26. The normalized spacial score (nSPS) is 10.2. The van der Waals surface area contributed by atoms with Crippen LogP contribution in [0.25, 0.3) is 11.3 Å². The SMILES string of the molecule is CCC(=O)OCCNc1nnc(-c2ccccc2)cc1C. The van der Waals surface area contributed by atoms with E-state index in [1.807, 2.05) is 43.3 Å². The molecule has 0 saturated carbocycles. The van der Waals surface area contributed by atoms with Crippen LogP contribution in [0.15, 0.2) is 36.4 Å². The summed E-state index contributed by atoms with van der Waals surface area (Å²) < 4.78 is 5.00. The third kappa shape index (κ3) is 4.27. The molecule has 2 aromatic rings. The van der Waals surface area contributed by atoms with Gasteiger partial charge in [0, 0.05) is 12.0 Å². The monoisotopic (exact) mass is 285 g/mol. The first-order chi connectivity index (χ1) is 10.2. The molecule has 1 aromatic heterocycles. The zero-order valence-corrected chi connectivity index (χ0v) is 12.3. The number of carbonyl (C=O) groups is 1. The summed E-state index contributed by atoms with van der Waals surface area (Å²) in [5.41, 5.74) is 2.89. The van der Waals surface area contributed by atoms with Crippen LogP contribution in [-0.4, -0.2) is 29.3 Å². The van der Waals surface area contributed by atoms with Gasteiger partial charge >= 0.3 is 5.97 Å². The quantitative estimate of drug-likeness (QED) is 0.653. The Hall–Kier alpha value is -2.43. The molecule has 0 aliphatic rings. The van der Waals surface area contributed by atoms with Crippen LogP contribution < -0.4 is 5.32 Å². The summed E-state index contributed by atoms with van der Waals surface area (Å²) in [5, 5.41) is 11.5. The molecule has 0 bridgehead atoms. The van der Waals surface area contributed by atoms with E-state index in [0.29, 0.717) is 25.4 Å². The number of hydrogen-bond acceptors (Lipinski definition) is 5. The first-order valence-corrected chi connectivity index (χ1v) is 7.00. The molecular formula is C16H19N3O2. The molecule has 5 heteroatoms. The molecule has 0 radical (unpaired) electrons. The average molecular weight is 285 g/mol. The van der Waals surface area contributed by atoms with E-state index < -0.39 is 0 Å². The molecule has 0 aliphatic heterocycles. The van der Waals surface area contributed by atoms with Crippen LogP contribution in [0.4, 0.5) is 5.82 Å². The fourth-order valence-electron chi connectivity index (χ4n) is 1.85. The second-order valence-corrected chi connectivity index (χ2v) is 4.63. The van der Waals surface area contributed by atoms with Gasteiger partial charge in [0.25, 0.3) is 0 Å². The topological polar surface area (TPSA) is 64.1 Å². The van der Waals surface area contributed by atoms with Crippen LogP contribution in [0.1, 0.15) is 18.9 Å². The molecule has 0 saturated heterocycles. The van der Waals surface area contributed by atoms with Crippen LogP contribution in [0, 0.1) is 6.92 Å². The van der Waals surface area contributed by atoms with Crippen LogP contribution in [0.2, 0.25) is 0 Å². The maximum atomic E-state index is 11.0. The highest BCUT2D eigenvalue weighted by molar-refractivity contribution is 5.68. The summed E-state index contributed by atoms with van der Waals surface area (Å²) in [6.07, 6.45) is 0.393. The van der Waals surface area contributed by atoms with Gasteiger partial charge < -0.3 is 10.1 Å². The number of anilines is 1. The molecule has 21 heavy (non-hydrogen) atoms. The summed E-state index contributed by atoms with van der Waals surface area (Å²) >= 11 is 0. The van der Waals surface area contributed by atoms with Crippen LogP contribution in [0.3, 0.4) is 0 Å². The zero-order chi connectivity index (χ0) is 15.1. The number of nitrogens with zero attached hydrogens (tertiary/aromatic N) is 2. The Morgan fingerprint density at radius 2 is 2.00 bits per heavy atom. The number of aromatic nitrogens is 2. The molecule has 0 unspecified atom stereocenters. The highest BCUT2D eigenvalue weighted by Gasteiger charge is 2.05. The average Bonchev–Trinajstić information content (AvgIpc) is 2.53. The van der Waals surface area contributed by atoms with Crippen LogP contribution >= 0.6 is 0 Å². The van der Waals surface area contributed by atoms with Crippen molar-refractivity contribution in [2.45, 2.75) is 20.3 Å². The van der Waals surface area contributed by atoms with Crippen molar-refractivity contribution in [1.29, 1.82) is 0 Å². The molecule has 1 aromatic carbocycles. The van der Waals surface area contributed by atoms with Gasteiger partial charge in [0.05, 0.1) is 12.2 Å². The number of esters is 1. The van der Waals surface area contributed by atoms with Gasteiger partial charge in [-0.2, -0.15) is 0 Å². The predicted octanol–water partition coefficient (Wildman–Crippen LogP) is 2.82. The van der Waals surface area contributed by atoms with Crippen molar-refractivity contribution in [3.63, 3.8) is 0 Å². The minimum absolute atomic E-state index is 0.195. The van der Waals surface area contributed by atoms with E-state index in [-0.39, 0.29) is 5.97 Å². The molecular weight excluding hydrogens is 266 g/mol. The lowest BCUT2D eigenvalue weighted by molar-refractivity contribution is -0.142. The number of aryl methyl sites for hydroxylation is 1. The molecule has 1 heterocycles. The Morgan fingerprint density at radius 1 is 1.24 bits per heavy atom. The molecule has 0 atom stereocenters.